The van der Waals surface area contributed by atoms with Crippen LogP contribution in [-0.4, -0.2) is 19.5 Å². The van der Waals surface area contributed by atoms with E-state index in [2.05, 4.69) is 21.0 Å². The minimum Gasteiger partial charge on any atom is -0.285 e. The highest BCUT2D eigenvalue weighted by Crippen LogP contribution is 2.26. The van der Waals surface area contributed by atoms with Gasteiger partial charge in [-0.05, 0) is 24.6 Å². The zero-order valence-electron chi connectivity index (χ0n) is 10.0. The molecule has 0 N–H and O–H groups in total. The fourth-order valence-electron chi connectivity index (χ4n) is 1.99. The van der Waals surface area contributed by atoms with Gasteiger partial charge in [0.25, 0.3) is 0 Å². The van der Waals surface area contributed by atoms with Gasteiger partial charge in [0.2, 0.25) is 0 Å². The second kappa shape index (κ2) is 4.34. The molecular formula is C13H8ClN5. The summed E-state index contributed by atoms with van der Waals surface area (Å²) in [6, 6.07) is 5.45. The number of nitrogens with zero attached hydrogens (tertiary/aromatic N) is 5. The molecule has 0 atom stereocenters. The van der Waals surface area contributed by atoms with Gasteiger partial charge < -0.3 is 0 Å². The first-order chi connectivity index (χ1) is 9.20. The van der Waals surface area contributed by atoms with Crippen molar-refractivity contribution in [2.24, 2.45) is 0 Å². The monoisotopic (exact) mass is 269 g/mol. The van der Waals surface area contributed by atoms with E-state index >= 15 is 0 Å². The number of hydrogen-bond acceptors (Lipinski definition) is 4. The fraction of sp³-hybridized carbons (Fsp3) is 0.0769. The second-order valence-electron chi connectivity index (χ2n) is 4.06. The van der Waals surface area contributed by atoms with Gasteiger partial charge in [0.15, 0.2) is 5.65 Å². The highest BCUT2D eigenvalue weighted by Gasteiger charge is 2.12. The lowest BCUT2D eigenvalue weighted by molar-refractivity contribution is 1.01. The molecule has 0 amide bonds. The van der Waals surface area contributed by atoms with Crippen LogP contribution in [0.25, 0.3) is 16.9 Å². The summed E-state index contributed by atoms with van der Waals surface area (Å²) in [5.41, 5.74) is 2.19. The first-order valence-electron chi connectivity index (χ1n) is 5.55. The summed E-state index contributed by atoms with van der Waals surface area (Å²) in [5, 5.41) is 10.2. The molecule has 0 unspecified atom stereocenters. The van der Waals surface area contributed by atoms with Gasteiger partial charge in [-0.1, -0.05) is 11.6 Å². The number of fused-ring (bicyclic) bond motifs is 1. The van der Waals surface area contributed by atoms with Crippen LogP contribution in [0.5, 0.6) is 0 Å². The van der Waals surface area contributed by atoms with Crippen molar-refractivity contribution in [3.8, 4) is 11.9 Å². The number of halogens is 1. The highest BCUT2D eigenvalue weighted by atomic mass is 35.5. The van der Waals surface area contributed by atoms with Crippen molar-refractivity contribution < 1.29 is 0 Å². The SMILES string of the molecule is Cc1cn(-c2cc(C#N)ccn2)c2ncnc(Cl)c12. The molecule has 0 radical (unpaired) electrons. The lowest BCUT2D eigenvalue weighted by atomic mass is 10.3. The summed E-state index contributed by atoms with van der Waals surface area (Å²) in [7, 11) is 0. The topological polar surface area (TPSA) is 67.4 Å². The number of hydrogen-bond donors (Lipinski definition) is 0. The minimum absolute atomic E-state index is 0.415. The molecule has 6 heteroatoms. The maximum atomic E-state index is 8.94. The molecule has 0 aliphatic carbocycles. The quantitative estimate of drug-likeness (QED) is 0.637. The summed E-state index contributed by atoms with van der Waals surface area (Å²) in [5.74, 6) is 0.631. The Balaban J connectivity index is 2.32. The zero-order valence-corrected chi connectivity index (χ0v) is 10.8. The Morgan fingerprint density at radius 2 is 2.16 bits per heavy atom. The van der Waals surface area contributed by atoms with E-state index in [-0.39, 0.29) is 0 Å². The van der Waals surface area contributed by atoms with Crippen molar-refractivity contribution in [1.29, 1.82) is 5.26 Å². The first kappa shape index (κ1) is 11.6. The van der Waals surface area contributed by atoms with E-state index in [9.17, 15) is 0 Å². The smallest absolute Gasteiger partial charge is 0.150 e. The predicted octanol–water partition coefficient (Wildman–Crippen LogP) is 2.65. The average molecular weight is 270 g/mol. The molecule has 3 aromatic rings. The molecule has 3 heterocycles. The van der Waals surface area contributed by atoms with Gasteiger partial charge in [-0.15, -0.1) is 0 Å². The van der Waals surface area contributed by atoms with E-state index in [0.717, 1.165) is 10.9 Å². The third-order valence-corrected chi connectivity index (χ3v) is 3.13. The van der Waals surface area contributed by atoms with Crippen molar-refractivity contribution in [2.75, 3.05) is 0 Å². The molecule has 3 aromatic heterocycles. The van der Waals surface area contributed by atoms with Crippen LogP contribution in [0.3, 0.4) is 0 Å². The summed E-state index contributed by atoms with van der Waals surface area (Å²) in [6.45, 7) is 1.93. The van der Waals surface area contributed by atoms with Crippen LogP contribution >= 0.6 is 11.6 Å². The second-order valence-corrected chi connectivity index (χ2v) is 4.42. The largest absolute Gasteiger partial charge is 0.285 e. The number of aromatic nitrogens is 4. The molecule has 0 bridgehead atoms. The number of aryl methyl sites for hydroxylation is 1. The van der Waals surface area contributed by atoms with Crippen molar-refractivity contribution in [3.63, 3.8) is 0 Å². The van der Waals surface area contributed by atoms with Gasteiger partial charge in [-0.2, -0.15) is 5.26 Å². The molecule has 3 rings (SSSR count). The van der Waals surface area contributed by atoms with Crippen LogP contribution in [-0.2, 0) is 0 Å². The molecule has 0 fully saturated rings. The van der Waals surface area contributed by atoms with E-state index in [1.54, 1.807) is 22.9 Å². The van der Waals surface area contributed by atoms with Crippen LogP contribution in [0.2, 0.25) is 5.15 Å². The molecule has 0 aromatic carbocycles. The molecule has 0 aliphatic heterocycles. The standard InChI is InChI=1S/C13H8ClN5/c1-8-6-19(10-4-9(5-15)2-3-16-10)13-11(8)12(14)17-7-18-13/h2-4,6-7H,1H3. The van der Waals surface area contributed by atoms with E-state index < -0.39 is 0 Å². The zero-order chi connectivity index (χ0) is 13.4. The maximum absolute atomic E-state index is 8.94. The summed E-state index contributed by atoms with van der Waals surface area (Å²) >= 11 is 6.08. The average Bonchev–Trinajstić information content (AvgIpc) is 2.78. The van der Waals surface area contributed by atoms with Gasteiger partial charge in [-0.3, -0.25) is 4.57 Å². The van der Waals surface area contributed by atoms with Gasteiger partial charge in [0, 0.05) is 12.4 Å². The minimum atomic E-state index is 0.415. The molecule has 92 valence electrons. The highest BCUT2D eigenvalue weighted by molar-refractivity contribution is 6.34. The predicted molar refractivity (Wildman–Crippen MR) is 71.1 cm³/mol. The van der Waals surface area contributed by atoms with Crippen LogP contribution in [0.1, 0.15) is 11.1 Å². The lowest BCUT2D eigenvalue weighted by Gasteiger charge is -2.03. The van der Waals surface area contributed by atoms with E-state index in [0.29, 0.717) is 22.2 Å². The molecule has 0 saturated carbocycles. The Morgan fingerprint density at radius 1 is 1.32 bits per heavy atom. The number of pyridine rings is 1. The lowest BCUT2D eigenvalue weighted by Crippen LogP contribution is -1.97. The van der Waals surface area contributed by atoms with Crippen molar-refractivity contribution in [2.45, 2.75) is 6.92 Å². The Bertz CT molecular complexity index is 816. The number of nitriles is 1. The van der Waals surface area contributed by atoms with Gasteiger partial charge in [0.05, 0.1) is 17.0 Å². The van der Waals surface area contributed by atoms with Crippen LogP contribution in [0, 0.1) is 18.3 Å². The van der Waals surface area contributed by atoms with Crippen LogP contribution in [0.4, 0.5) is 0 Å². The van der Waals surface area contributed by atoms with Gasteiger partial charge >= 0.3 is 0 Å². The third-order valence-electron chi connectivity index (χ3n) is 2.85. The third kappa shape index (κ3) is 1.83. The van der Waals surface area contributed by atoms with Gasteiger partial charge in [0.1, 0.15) is 17.3 Å². The number of rotatable bonds is 1. The molecule has 0 spiro atoms. The summed E-state index contributed by atoms with van der Waals surface area (Å²) in [6.07, 6.45) is 4.89. The molecule has 0 saturated heterocycles. The Morgan fingerprint density at radius 3 is 2.95 bits per heavy atom. The Hall–Kier alpha value is -2.45. The molecule has 5 nitrogen and oxygen atoms in total. The summed E-state index contributed by atoms with van der Waals surface area (Å²) in [4.78, 5) is 12.5. The van der Waals surface area contributed by atoms with Gasteiger partial charge in [-0.25, -0.2) is 15.0 Å². The Kier molecular flexibility index (Phi) is 2.65. The molecular weight excluding hydrogens is 262 g/mol. The van der Waals surface area contributed by atoms with Crippen molar-refractivity contribution in [1.82, 2.24) is 19.5 Å². The maximum Gasteiger partial charge on any atom is 0.150 e. The van der Waals surface area contributed by atoms with E-state index in [1.165, 1.54) is 6.33 Å². The van der Waals surface area contributed by atoms with Crippen molar-refractivity contribution in [3.05, 3.63) is 47.1 Å². The van der Waals surface area contributed by atoms with Crippen molar-refractivity contribution >= 4 is 22.6 Å². The fourth-order valence-corrected chi connectivity index (χ4v) is 2.27. The van der Waals surface area contributed by atoms with E-state index in [4.69, 9.17) is 16.9 Å². The summed E-state index contributed by atoms with van der Waals surface area (Å²) < 4.78 is 1.80. The molecule has 0 aliphatic rings. The van der Waals surface area contributed by atoms with Crippen LogP contribution in [0.15, 0.2) is 30.9 Å². The van der Waals surface area contributed by atoms with E-state index in [1.807, 2.05) is 13.1 Å². The molecule has 19 heavy (non-hydrogen) atoms. The van der Waals surface area contributed by atoms with Crippen LogP contribution < -0.4 is 0 Å². The first-order valence-corrected chi connectivity index (χ1v) is 5.93. The normalized spacial score (nSPS) is 10.6. The Labute approximate surface area is 114 Å².